The average Bonchev–Trinajstić information content (AvgIpc) is 1.90. The minimum Gasteiger partial charge on any atom is -0.565 e. The Morgan fingerprint density at radius 3 is 1.45 bits per heavy atom. The second-order valence-electron chi connectivity index (χ2n) is 1.89. The summed E-state index contributed by atoms with van der Waals surface area (Å²) in [7, 11) is 0. The zero-order valence-corrected chi connectivity index (χ0v) is 7.33. The van der Waals surface area contributed by atoms with Crippen LogP contribution in [-0.4, -0.2) is 35.8 Å². The van der Waals surface area contributed by atoms with Crippen molar-refractivity contribution in [2.45, 2.75) is 20.8 Å². The molecule has 0 aromatic carbocycles. The molecule has 0 saturated carbocycles. The summed E-state index contributed by atoms with van der Waals surface area (Å²) in [4.78, 5) is 10.8. The van der Waals surface area contributed by atoms with E-state index in [1.807, 2.05) is 0 Å². The van der Waals surface area contributed by atoms with Crippen molar-refractivity contribution in [1.82, 2.24) is 4.90 Å². The number of hydrogen-bond acceptors (Lipinski definition) is 3. The van der Waals surface area contributed by atoms with Gasteiger partial charge < -0.3 is 19.9 Å². The molecule has 0 unspecified atom stereocenters. The largest absolute Gasteiger partial charge is 0.565 e. The first-order valence-electron chi connectivity index (χ1n) is 3.70. The van der Waals surface area contributed by atoms with Crippen LogP contribution in [0.5, 0.6) is 0 Å². The first kappa shape index (κ1) is 12.9. The van der Waals surface area contributed by atoms with Gasteiger partial charge in [0.1, 0.15) is 0 Å². The standard InChI is InChI=1S/C6H15N.CH2O3/c1-4-7(5-2)6-3;2-1(3)4/h4-6H2,1-3H3;(H2,2,3,4)/p-1. The molecule has 0 aromatic rings. The summed E-state index contributed by atoms with van der Waals surface area (Å²) in [5, 5.41) is 15.3. The fourth-order valence-electron chi connectivity index (χ4n) is 0.671. The molecule has 4 heteroatoms. The zero-order valence-electron chi connectivity index (χ0n) is 7.33. The molecule has 0 aliphatic rings. The number of hydrogen-bond donors (Lipinski definition) is 1. The lowest BCUT2D eigenvalue weighted by Gasteiger charge is -2.13. The third-order valence-electron chi connectivity index (χ3n) is 1.34. The summed E-state index contributed by atoms with van der Waals surface area (Å²) >= 11 is 0. The quantitative estimate of drug-likeness (QED) is 0.645. The van der Waals surface area contributed by atoms with E-state index < -0.39 is 6.16 Å². The van der Waals surface area contributed by atoms with E-state index in [2.05, 4.69) is 25.7 Å². The minimum atomic E-state index is -2.08. The van der Waals surface area contributed by atoms with Gasteiger partial charge in [-0.15, -0.1) is 0 Å². The highest BCUT2D eigenvalue weighted by Crippen LogP contribution is 1.81. The van der Waals surface area contributed by atoms with Gasteiger partial charge in [-0.05, 0) is 19.6 Å². The van der Waals surface area contributed by atoms with Gasteiger partial charge in [-0.2, -0.15) is 0 Å². The van der Waals surface area contributed by atoms with Crippen LogP contribution in [0.2, 0.25) is 0 Å². The smallest absolute Gasteiger partial charge is 0.249 e. The van der Waals surface area contributed by atoms with Gasteiger partial charge >= 0.3 is 0 Å². The summed E-state index contributed by atoms with van der Waals surface area (Å²) in [6.07, 6.45) is -2.08. The lowest BCUT2D eigenvalue weighted by atomic mass is 10.5. The van der Waals surface area contributed by atoms with Gasteiger partial charge in [0.15, 0.2) is 0 Å². The Bertz CT molecular complexity index is 82.2. The van der Waals surface area contributed by atoms with Gasteiger partial charge in [0.2, 0.25) is 6.16 Å². The van der Waals surface area contributed by atoms with Gasteiger partial charge in [0, 0.05) is 0 Å². The molecule has 11 heavy (non-hydrogen) atoms. The Kier molecular flexibility index (Phi) is 10.8. The van der Waals surface area contributed by atoms with Crippen LogP contribution in [0.3, 0.4) is 0 Å². The van der Waals surface area contributed by atoms with Crippen LogP contribution >= 0.6 is 0 Å². The molecule has 0 radical (unpaired) electrons. The monoisotopic (exact) mass is 162 g/mol. The Morgan fingerprint density at radius 2 is 1.45 bits per heavy atom. The Labute approximate surface area is 67.4 Å². The molecular formula is C7H16NO3-. The van der Waals surface area contributed by atoms with Gasteiger partial charge in [0.05, 0.1) is 0 Å². The molecule has 0 aliphatic carbocycles. The first-order valence-corrected chi connectivity index (χ1v) is 3.70. The lowest BCUT2D eigenvalue weighted by molar-refractivity contribution is -0.275. The van der Waals surface area contributed by atoms with Crippen LogP contribution in [0.1, 0.15) is 20.8 Å². The topological polar surface area (TPSA) is 63.6 Å². The Balaban J connectivity index is 0. The van der Waals surface area contributed by atoms with Crippen LogP contribution in [0.15, 0.2) is 0 Å². The van der Waals surface area contributed by atoms with Crippen LogP contribution < -0.4 is 5.11 Å². The van der Waals surface area contributed by atoms with Crippen LogP contribution in [0.25, 0.3) is 0 Å². The highest BCUT2D eigenvalue weighted by atomic mass is 16.6. The van der Waals surface area contributed by atoms with Gasteiger partial charge in [-0.3, -0.25) is 0 Å². The summed E-state index contributed by atoms with van der Waals surface area (Å²) in [6, 6.07) is 0. The highest BCUT2D eigenvalue weighted by Gasteiger charge is 1.89. The summed E-state index contributed by atoms with van der Waals surface area (Å²) in [5.41, 5.74) is 0. The maximum absolute atomic E-state index is 8.44. The molecule has 0 bridgehead atoms. The highest BCUT2D eigenvalue weighted by molar-refractivity contribution is 5.50. The number of carboxylic acid groups (broad SMARTS) is 2. The Morgan fingerprint density at radius 1 is 1.27 bits per heavy atom. The van der Waals surface area contributed by atoms with E-state index in [1.54, 1.807) is 0 Å². The molecular weight excluding hydrogens is 146 g/mol. The van der Waals surface area contributed by atoms with Crippen molar-refractivity contribution < 1.29 is 15.0 Å². The van der Waals surface area contributed by atoms with E-state index in [-0.39, 0.29) is 0 Å². The second-order valence-corrected chi connectivity index (χ2v) is 1.89. The fourth-order valence-corrected chi connectivity index (χ4v) is 0.671. The van der Waals surface area contributed by atoms with Crippen molar-refractivity contribution in [2.75, 3.05) is 19.6 Å². The molecule has 0 saturated heterocycles. The van der Waals surface area contributed by atoms with Gasteiger partial charge in [-0.1, -0.05) is 20.8 Å². The zero-order chi connectivity index (χ0) is 9.28. The van der Waals surface area contributed by atoms with Crippen LogP contribution in [0.4, 0.5) is 4.79 Å². The van der Waals surface area contributed by atoms with Crippen LogP contribution in [-0.2, 0) is 0 Å². The SMILES string of the molecule is CCN(CC)CC.O=C([O-])O. The van der Waals surface area contributed by atoms with Crippen molar-refractivity contribution in [3.05, 3.63) is 0 Å². The molecule has 0 fully saturated rings. The van der Waals surface area contributed by atoms with Crippen molar-refractivity contribution >= 4 is 6.16 Å². The second kappa shape index (κ2) is 9.23. The van der Waals surface area contributed by atoms with E-state index in [1.165, 1.54) is 19.6 Å². The van der Waals surface area contributed by atoms with Gasteiger partial charge in [-0.25, -0.2) is 0 Å². The van der Waals surface area contributed by atoms with Gasteiger partial charge in [0.25, 0.3) is 0 Å². The molecule has 0 aliphatic heterocycles. The molecule has 0 amide bonds. The molecule has 68 valence electrons. The molecule has 0 rings (SSSR count). The molecule has 0 heterocycles. The molecule has 0 aromatic heterocycles. The molecule has 0 spiro atoms. The molecule has 4 nitrogen and oxygen atoms in total. The summed E-state index contributed by atoms with van der Waals surface area (Å²) in [5.74, 6) is 0. The third kappa shape index (κ3) is 17.6. The number of carbonyl (C=O) groups is 1. The molecule has 1 N–H and O–H groups in total. The van der Waals surface area contributed by atoms with Crippen LogP contribution in [0, 0.1) is 0 Å². The van der Waals surface area contributed by atoms with E-state index in [0.29, 0.717) is 0 Å². The average molecular weight is 162 g/mol. The normalized spacial score (nSPS) is 8.73. The first-order chi connectivity index (χ1) is 5.08. The number of nitrogens with zero attached hydrogens (tertiary/aromatic N) is 1. The summed E-state index contributed by atoms with van der Waals surface area (Å²) < 4.78 is 0. The van der Waals surface area contributed by atoms with E-state index in [9.17, 15) is 0 Å². The predicted molar refractivity (Wildman–Crippen MR) is 41.5 cm³/mol. The third-order valence-corrected chi connectivity index (χ3v) is 1.34. The maximum atomic E-state index is 8.44. The Hall–Kier alpha value is -0.770. The van der Waals surface area contributed by atoms with E-state index in [4.69, 9.17) is 15.0 Å². The number of rotatable bonds is 3. The van der Waals surface area contributed by atoms with Crippen molar-refractivity contribution in [1.29, 1.82) is 0 Å². The van der Waals surface area contributed by atoms with Crippen molar-refractivity contribution in [2.24, 2.45) is 0 Å². The van der Waals surface area contributed by atoms with Crippen molar-refractivity contribution in [3.63, 3.8) is 0 Å². The molecule has 0 atom stereocenters. The van der Waals surface area contributed by atoms with Crippen molar-refractivity contribution in [3.8, 4) is 0 Å². The lowest BCUT2D eigenvalue weighted by Crippen LogP contribution is -2.21. The summed E-state index contributed by atoms with van der Waals surface area (Å²) in [6.45, 7) is 10.1. The minimum absolute atomic E-state index is 1.19. The predicted octanol–water partition coefficient (Wildman–Crippen LogP) is 0.236. The fraction of sp³-hybridized carbons (Fsp3) is 0.857. The maximum Gasteiger partial charge on any atom is 0.249 e. The van der Waals surface area contributed by atoms with E-state index >= 15 is 0 Å². The van der Waals surface area contributed by atoms with E-state index in [0.717, 1.165) is 0 Å².